The Morgan fingerprint density at radius 2 is 1.87 bits per heavy atom. The van der Waals surface area contributed by atoms with Crippen molar-refractivity contribution in [2.24, 2.45) is 0 Å². The van der Waals surface area contributed by atoms with Gasteiger partial charge in [-0.25, -0.2) is 13.4 Å². The second-order valence-electron chi connectivity index (χ2n) is 10.2. The molecule has 1 aliphatic rings. The zero-order valence-electron chi connectivity index (χ0n) is 24.8. The molecule has 0 unspecified atom stereocenters. The van der Waals surface area contributed by atoms with Crippen molar-refractivity contribution >= 4 is 39.0 Å². The average molecular weight is 691 g/mol. The van der Waals surface area contributed by atoms with Crippen molar-refractivity contribution < 1.29 is 49.0 Å². The quantitative estimate of drug-likeness (QED) is 0.120. The van der Waals surface area contributed by atoms with Crippen LogP contribution in [0.15, 0.2) is 65.9 Å². The van der Waals surface area contributed by atoms with E-state index in [2.05, 4.69) is 11.6 Å². The number of hydrogen-bond acceptors (Lipinski definition) is 6. The monoisotopic (exact) mass is 690 g/mol. The fraction of sp³-hybridized carbons (Fsp3) is 0.323. The third-order valence-corrected chi connectivity index (χ3v) is 9.13. The van der Waals surface area contributed by atoms with Crippen molar-refractivity contribution in [1.29, 1.82) is 0 Å². The number of anilines is 1. The number of fused-ring (bicyclic) bond motifs is 1. The Bertz CT molecular complexity index is 1760. The van der Waals surface area contributed by atoms with Crippen molar-refractivity contribution in [3.05, 3.63) is 88.3 Å². The molecule has 15 heteroatoms. The van der Waals surface area contributed by atoms with Crippen molar-refractivity contribution in [3.8, 4) is 11.6 Å². The number of ether oxygens (including phenoxy) is 3. The molecule has 2 heterocycles. The lowest BCUT2D eigenvalue weighted by atomic mass is 9.98. The number of halogens is 7. The van der Waals surface area contributed by atoms with E-state index in [1.807, 2.05) is 0 Å². The number of sulfonamides is 1. The van der Waals surface area contributed by atoms with Gasteiger partial charge in [-0.3, -0.25) is 4.31 Å². The molecule has 7 nitrogen and oxygen atoms in total. The van der Waals surface area contributed by atoms with Gasteiger partial charge in [-0.05, 0) is 61.7 Å². The van der Waals surface area contributed by atoms with E-state index in [-0.39, 0.29) is 52.7 Å². The Morgan fingerprint density at radius 1 is 1.15 bits per heavy atom. The molecule has 248 valence electrons. The summed E-state index contributed by atoms with van der Waals surface area (Å²) in [5, 5.41) is -0.143. The normalized spacial score (nSPS) is 15.7. The lowest BCUT2D eigenvalue weighted by Gasteiger charge is -2.36. The molecular weight excluding hydrogens is 662 g/mol. The number of benzene rings is 2. The number of hydrogen-bond donors (Lipinski definition) is 0. The Kier molecular flexibility index (Phi) is 10.2. The third kappa shape index (κ3) is 7.55. The first-order chi connectivity index (χ1) is 21.5. The number of rotatable bonds is 10. The van der Waals surface area contributed by atoms with Crippen molar-refractivity contribution in [2.45, 2.75) is 50.0 Å². The number of pyridine rings is 1. The second kappa shape index (κ2) is 13.4. The second-order valence-corrected chi connectivity index (χ2v) is 12.5. The number of alkyl halides is 6. The molecule has 0 saturated carbocycles. The van der Waals surface area contributed by atoms with Gasteiger partial charge in [-0.2, -0.15) is 26.3 Å². The van der Waals surface area contributed by atoms with E-state index in [9.17, 15) is 34.8 Å². The Balaban J connectivity index is 1.87. The molecule has 4 rings (SSSR count). The Labute approximate surface area is 267 Å². The number of aromatic nitrogens is 1. The van der Waals surface area contributed by atoms with Crippen LogP contribution in [0.25, 0.3) is 11.6 Å². The molecule has 3 aromatic rings. The van der Waals surface area contributed by atoms with E-state index in [1.54, 1.807) is 0 Å². The number of nitrogens with zero attached hydrogens (tertiary/aromatic N) is 2. The molecule has 0 radical (unpaired) electrons. The fourth-order valence-corrected chi connectivity index (χ4v) is 6.77. The molecule has 1 atom stereocenters. The molecule has 46 heavy (non-hydrogen) atoms. The molecule has 0 bridgehead atoms. The summed E-state index contributed by atoms with van der Waals surface area (Å²) < 4.78 is 128. The highest BCUT2D eigenvalue weighted by atomic mass is 35.5. The summed E-state index contributed by atoms with van der Waals surface area (Å²) in [6.45, 7) is 6.27. The van der Waals surface area contributed by atoms with Crippen LogP contribution >= 0.6 is 11.6 Å². The predicted octanol–water partition coefficient (Wildman–Crippen LogP) is 8.63. The van der Waals surface area contributed by atoms with Gasteiger partial charge in [-0.15, -0.1) is 0 Å². The van der Waals surface area contributed by atoms with Crippen LogP contribution in [-0.4, -0.2) is 39.8 Å². The van der Waals surface area contributed by atoms with Crippen LogP contribution < -0.4 is 13.8 Å². The minimum atomic E-state index is -4.91. The van der Waals surface area contributed by atoms with Gasteiger partial charge in [0.05, 0.1) is 42.8 Å². The maximum Gasteiger partial charge on any atom is 0.417 e. The number of allylic oxidation sites excluding steroid dienone is 2. The molecular formula is C31H29ClF6N2O5S. The standard InChI is InChI=1S/C31H29ClF6N2O5S/c1-5-44-29-27(15-21(16-39-29)30(33,34)35)46(41,42)40-17-22(11-9-19(3)43-4)45-26-12-10-20(14-25(26)40)13-18(2)28-23(31(36,37)38)7-6-8-24(28)32/h6-8,10,12-16,22H,3,5,9,11,17H2,1-2,4H3/b18-13+/t22-/m0/s1. The van der Waals surface area contributed by atoms with Gasteiger partial charge in [0.15, 0.2) is 4.90 Å². The van der Waals surface area contributed by atoms with Crippen molar-refractivity contribution in [2.75, 3.05) is 24.6 Å². The van der Waals surface area contributed by atoms with E-state index in [4.69, 9.17) is 25.8 Å². The molecule has 0 spiro atoms. The zero-order chi connectivity index (χ0) is 34.0. The van der Waals surface area contributed by atoms with Crippen LogP contribution in [0.5, 0.6) is 11.6 Å². The van der Waals surface area contributed by atoms with Gasteiger partial charge in [0.2, 0.25) is 5.88 Å². The van der Waals surface area contributed by atoms with Gasteiger partial charge >= 0.3 is 12.4 Å². The highest BCUT2D eigenvalue weighted by Crippen LogP contribution is 2.43. The first-order valence-electron chi connectivity index (χ1n) is 13.8. The van der Waals surface area contributed by atoms with Gasteiger partial charge in [0.1, 0.15) is 11.9 Å². The fourth-order valence-electron chi connectivity index (χ4n) is 4.84. The molecule has 0 amide bonds. The van der Waals surface area contributed by atoms with E-state index < -0.39 is 50.4 Å². The van der Waals surface area contributed by atoms with Crippen LogP contribution in [0.2, 0.25) is 5.02 Å². The molecule has 2 aromatic carbocycles. The summed E-state index contributed by atoms with van der Waals surface area (Å²) in [4.78, 5) is 2.83. The smallest absolute Gasteiger partial charge is 0.417 e. The van der Waals surface area contributed by atoms with Gasteiger partial charge in [0.25, 0.3) is 10.0 Å². The first-order valence-corrected chi connectivity index (χ1v) is 15.6. The third-order valence-electron chi connectivity index (χ3n) is 7.04. The van der Waals surface area contributed by atoms with Gasteiger partial charge in [-0.1, -0.05) is 36.4 Å². The minimum absolute atomic E-state index is 0.0570. The van der Waals surface area contributed by atoms with Crippen LogP contribution in [0.1, 0.15) is 48.9 Å². The molecule has 0 fully saturated rings. The summed E-state index contributed by atoms with van der Waals surface area (Å²) in [5.41, 5.74) is -2.18. The Morgan fingerprint density at radius 3 is 2.50 bits per heavy atom. The summed E-state index contributed by atoms with van der Waals surface area (Å²) in [7, 11) is -3.38. The first kappa shape index (κ1) is 35.0. The van der Waals surface area contributed by atoms with E-state index in [0.29, 0.717) is 24.4 Å². The largest absolute Gasteiger partial charge is 0.502 e. The maximum absolute atomic E-state index is 14.2. The molecule has 0 saturated heterocycles. The van der Waals surface area contributed by atoms with E-state index in [1.165, 1.54) is 57.4 Å². The van der Waals surface area contributed by atoms with Gasteiger partial charge in [0, 0.05) is 23.2 Å². The zero-order valence-corrected chi connectivity index (χ0v) is 26.4. The summed E-state index contributed by atoms with van der Waals surface area (Å²) in [6.07, 6.45) is -7.99. The lowest BCUT2D eigenvalue weighted by molar-refractivity contribution is -0.138. The Hall–Kier alpha value is -3.91. The van der Waals surface area contributed by atoms with Crippen LogP contribution in [0.4, 0.5) is 32.0 Å². The predicted molar refractivity (Wildman–Crippen MR) is 161 cm³/mol. The van der Waals surface area contributed by atoms with E-state index >= 15 is 0 Å². The van der Waals surface area contributed by atoms with Gasteiger partial charge < -0.3 is 14.2 Å². The number of methoxy groups -OCH3 is 1. The molecule has 1 aromatic heterocycles. The highest BCUT2D eigenvalue weighted by molar-refractivity contribution is 7.93. The van der Waals surface area contributed by atoms with Crippen LogP contribution in [-0.2, 0) is 27.1 Å². The van der Waals surface area contributed by atoms with Crippen molar-refractivity contribution in [3.63, 3.8) is 0 Å². The SMILES string of the molecule is C=C(CC[C@H]1CN(S(=O)(=O)c2cc(C(F)(F)F)cnc2OCC)c2cc(/C=C(\C)c3c(Cl)cccc3C(F)(F)F)ccc2O1)OC. The molecule has 0 aliphatic carbocycles. The summed E-state index contributed by atoms with van der Waals surface area (Å²) in [5.74, 6) is -0.0549. The highest BCUT2D eigenvalue weighted by Gasteiger charge is 2.40. The van der Waals surface area contributed by atoms with Crippen LogP contribution in [0.3, 0.4) is 0 Å². The van der Waals surface area contributed by atoms with Crippen LogP contribution in [0, 0.1) is 0 Å². The topological polar surface area (TPSA) is 78.0 Å². The summed E-state index contributed by atoms with van der Waals surface area (Å²) >= 11 is 6.17. The maximum atomic E-state index is 14.2. The molecule has 1 aliphatic heterocycles. The lowest BCUT2D eigenvalue weighted by Crippen LogP contribution is -2.43. The minimum Gasteiger partial charge on any atom is -0.502 e. The van der Waals surface area contributed by atoms with E-state index in [0.717, 1.165) is 10.4 Å². The van der Waals surface area contributed by atoms with Crippen molar-refractivity contribution in [1.82, 2.24) is 4.98 Å². The average Bonchev–Trinajstić information content (AvgIpc) is 2.98. The molecule has 0 N–H and O–H groups in total. The summed E-state index contributed by atoms with van der Waals surface area (Å²) in [6, 6.07) is 8.13.